The van der Waals surface area contributed by atoms with Gasteiger partial charge in [0, 0.05) is 12.1 Å². The summed E-state index contributed by atoms with van der Waals surface area (Å²) in [7, 11) is 2.20. The highest BCUT2D eigenvalue weighted by Crippen LogP contribution is 2.39. The number of piperidine rings is 2. The van der Waals surface area contributed by atoms with Crippen LogP contribution in [0.15, 0.2) is 18.2 Å². The Balaban J connectivity index is 1.43. The van der Waals surface area contributed by atoms with Crippen LogP contribution in [0.4, 0.5) is 5.69 Å². The van der Waals surface area contributed by atoms with Crippen molar-refractivity contribution in [3.8, 4) is 11.4 Å². The second kappa shape index (κ2) is 8.24. The second-order valence-corrected chi connectivity index (χ2v) is 8.96. The quantitative estimate of drug-likeness (QED) is 0.831. The number of hydrogen-bond acceptors (Lipinski definition) is 5. The Labute approximate surface area is 172 Å². The number of anilines is 1. The van der Waals surface area contributed by atoms with Gasteiger partial charge in [-0.05, 0) is 89.3 Å². The van der Waals surface area contributed by atoms with Crippen LogP contribution in [-0.2, 0) is 4.79 Å². The van der Waals surface area contributed by atoms with Crippen LogP contribution in [-0.4, -0.2) is 70.7 Å². The average Bonchev–Trinajstić information content (AvgIpc) is 3.11. The molecule has 2 aliphatic rings. The Hall–Kier alpha value is -2.25. The van der Waals surface area contributed by atoms with E-state index >= 15 is 0 Å². The number of aryl methyl sites for hydroxylation is 2. The number of carbonyl (C=O) groups is 1. The fourth-order valence-corrected chi connectivity index (χ4v) is 4.76. The van der Waals surface area contributed by atoms with Gasteiger partial charge in [0.05, 0.1) is 12.2 Å². The van der Waals surface area contributed by atoms with Crippen LogP contribution < -0.4 is 5.32 Å². The third-order valence-electron chi connectivity index (χ3n) is 6.44. The largest absolute Gasteiger partial charge is 0.324 e. The van der Waals surface area contributed by atoms with E-state index in [1.54, 1.807) is 0 Å². The molecule has 1 spiro atoms. The summed E-state index contributed by atoms with van der Waals surface area (Å²) in [6.07, 6.45) is 4.97. The highest BCUT2D eigenvalue weighted by molar-refractivity contribution is 5.96. The first kappa shape index (κ1) is 20.0. The highest BCUT2D eigenvalue weighted by atomic mass is 16.2. The summed E-state index contributed by atoms with van der Waals surface area (Å²) >= 11 is 0. The Kier molecular flexibility index (Phi) is 5.69. The Bertz CT molecular complexity index is 868. The van der Waals surface area contributed by atoms with Crippen LogP contribution >= 0.6 is 0 Å². The molecule has 1 amide bonds. The molecule has 0 aliphatic carbocycles. The first-order valence-corrected chi connectivity index (χ1v) is 10.6. The van der Waals surface area contributed by atoms with E-state index in [1.807, 2.05) is 32.0 Å². The van der Waals surface area contributed by atoms with Crippen molar-refractivity contribution in [3.05, 3.63) is 29.6 Å². The molecule has 4 rings (SSSR count). The van der Waals surface area contributed by atoms with Gasteiger partial charge in [0.1, 0.15) is 5.82 Å². The molecular weight excluding hydrogens is 364 g/mol. The summed E-state index contributed by atoms with van der Waals surface area (Å²) in [5, 5.41) is 10.3. The van der Waals surface area contributed by atoms with Gasteiger partial charge in [0.15, 0.2) is 5.82 Å². The molecule has 2 N–H and O–H groups in total. The van der Waals surface area contributed by atoms with Crippen molar-refractivity contribution in [2.24, 2.45) is 5.41 Å². The molecule has 0 saturated carbocycles. The number of hydrogen-bond donors (Lipinski definition) is 2. The molecule has 1 aromatic carbocycles. The summed E-state index contributed by atoms with van der Waals surface area (Å²) in [4.78, 5) is 22.1. The van der Waals surface area contributed by atoms with E-state index in [2.05, 4.69) is 37.3 Å². The van der Waals surface area contributed by atoms with Gasteiger partial charge < -0.3 is 10.2 Å². The summed E-state index contributed by atoms with van der Waals surface area (Å²) < 4.78 is 0. The first-order valence-electron chi connectivity index (χ1n) is 10.6. The monoisotopic (exact) mass is 396 g/mol. The Morgan fingerprint density at radius 3 is 2.72 bits per heavy atom. The van der Waals surface area contributed by atoms with Crippen LogP contribution in [0.25, 0.3) is 11.4 Å². The zero-order chi connectivity index (χ0) is 20.4. The Morgan fingerprint density at radius 2 is 2.00 bits per heavy atom. The number of benzene rings is 1. The number of H-pyrrole nitrogens is 1. The van der Waals surface area contributed by atoms with Crippen molar-refractivity contribution < 1.29 is 4.79 Å². The number of amides is 1. The van der Waals surface area contributed by atoms with E-state index in [0.717, 1.165) is 35.7 Å². The zero-order valence-electron chi connectivity index (χ0n) is 17.8. The zero-order valence-corrected chi connectivity index (χ0v) is 17.8. The maximum absolute atomic E-state index is 12.9. The third kappa shape index (κ3) is 4.67. The number of aromatic nitrogens is 3. The van der Waals surface area contributed by atoms with Crippen LogP contribution in [0.3, 0.4) is 0 Å². The number of carbonyl (C=O) groups excluding carboxylic acids is 1. The average molecular weight is 397 g/mol. The lowest BCUT2D eigenvalue weighted by atomic mass is 9.72. The molecule has 2 fully saturated rings. The lowest BCUT2D eigenvalue weighted by molar-refractivity contribution is -0.118. The molecular formula is C22H32N6O. The van der Waals surface area contributed by atoms with Crippen LogP contribution in [0.2, 0.25) is 0 Å². The van der Waals surface area contributed by atoms with E-state index in [-0.39, 0.29) is 5.91 Å². The summed E-state index contributed by atoms with van der Waals surface area (Å²) in [5.41, 5.74) is 3.12. The fourth-order valence-electron chi connectivity index (χ4n) is 4.76. The van der Waals surface area contributed by atoms with Gasteiger partial charge in [0.25, 0.3) is 0 Å². The van der Waals surface area contributed by atoms with Crippen molar-refractivity contribution >= 4 is 11.6 Å². The number of rotatable bonds is 4. The maximum Gasteiger partial charge on any atom is 0.238 e. The molecule has 156 valence electrons. The van der Waals surface area contributed by atoms with E-state index in [4.69, 9.17) is 0 Å². The summed E-state index contributed by atoms with van der Waals surface area (Å²) in [5.74, 6) is 1.41. The van der Waals surface area contributed by atoms with Crippen molar-refractivity contribution in [1.82, 2.24) is 25.0 Å². The molecule has 2 aliphatic heterocycles. The first-order chi connectivity index (χ1) is 13.9. The molecule has 7 heteroatoms. The normalized spacial score (nSPS) is 20.1. The van der Waals surface area contributed by atoms with Crippen LogP contribution in [0.1, 0.15) is 37.1 Å². The lowest BCUT2D eigenvalue weighted by Gasteiger charge is -2.47. The molecule has 2 saturated heterocycles. The predicted octanol–water partition coefficient (Wildman–Crippen LogP) is 2.83. The molecule has 1 aromatic heterocycles. The lowest BCUT2D eigenvalue weighted by Crippen LogP contribution is -2.50. The molecule has 0 radical (unpaired) electrons. The van der Waals surface area contributed by atoms with E-state index in [1.165, 1.54) is 38.8 Å². The van der Waals surface area contributed by atoms with Crippen LogP contribution in [0.5, 0.6) is 0 Å². The van der Waals surface area contributed by atoms with Gasteiger partial charge in [-0.1, -0.05) is 6.07 Å². The number of aromatic amines is 1. The number of likely N-dealkylation sites (tertiary alicyclic amines) is 2. The van der Waals surface area contributed by atoms with Crippen molar-refractivity contribution in [2.75, 3.05) is 45.1 Å². The highest BCUT2D eigenvalue weighted by Gasteiger charge is 2.38. The molecule has 29 heavy (non-hydrogen) atoms. The third-order valence-corrected chi connectivity index (χ3v) is 6.44. The molecule has 0 atom stereocenters. The number of nitrogens with one attached hydrogen (secondary N) is 2. The minimum absolute atomic E-state index is 0.0362. The number of nitrogens with zero attached hydrogens (tertiary/aromatic N) is 4. The summed E-state index contributed by atoms with van der Waals surface area (Å²) in [6, 6.07) is 5.99. The SMILES string of the molecule is Cc1ccc(-c2n[nH]c(C)n2)c(NC(=O)CN2CCCC3(CCN(C)CC3)C2)c1. The molecule has 7 nitrogen and oxygen atoms in total. The second-order valence-electron chi connectivity index (χ2n) is 8.96. The minimum Gasteiger partial charge on any atom is -0.324 e. The van der Waals surface area contributed by atoms with E-state index < -0.39 is 0 Å². The fraction of sp³-hybridized carbons (Fsp3) is 0.591. The summed E-state index contributed by atoms with van der Waals surface area (Å²) in [6.45, 7) is 8.72. The molecule has 2 aromatic rings. The molecule has 3 heterocycles. The van der Waals surface area contributed by atoms with E-state index in [9.17, 15) is 4.79 Å². The smallest absolute Gasteiger partial charge is 0.238 e. The predicted molar refractivity (Wildman–Crippen MR) is 115 cm³/mol. The van der Waals surface area contributed by atoms with Gasteiger partial charge in [-0.2, -0.15) is 5.10 Å². The Morgan fingerprint density at radius 1 is 1.21 bits per heavy atom. The van der Waals surface area contributed by atoms with Crippen LogP contribution in [0, 0.1) is 19.3 Å². The molecule has 0 unspecified atom stereocenters. The molecule has 0 bridgehead atoms. The van der Waals surface area contributed by atoms with Gasteiger partial charge in [-0.15, -0.1) is 0 Å². The van der Waals surface area contributed by atoms with Crippen molar-refractivity contribution in [2.45, 2.75) is 39.5 Å². The topological polar surface area (TPSA) is 77.1 Å². The van der Waals surface area contributed by atoms with Crippen molar-refractivity contribution in [1.29, 1.82) is 0 Å². The van der Waals surface area contributed by atoms with Gasteiger partial charge >= 0.3 is 0 Å². The van der Waals surface area contributed by atoms with Gasteiger partial charge in [-0.3, -0.25) is 14.8 Å². The standard InChI is InChI=1S/C22H32N6O/c1-16-5-6-18(21-23-17(2)25-26-21)19(13-16)24-20(29)14-28-10-4-7-22(15-28)8-11-27(3)12-9-22/h5-6,13H,4,7-12,14-15H2,1-3H3,(H,24,29)(H,23,25,26). The maximum atomic E-state index is 12.9. The van der Waals surface area contributed by atoms with Crippen molar-refractivity contribution in [3.63, 3.8) is 0 Å². The van der Waals surface area contributed by atoms with Gasteiger partial charge in [-0.25, -0.2) is 4.98 Å². The minimum atomic E-state index is 0.0362. The van der Waals surface area contributed by atoms with E-state index in [0.29, 0.717) is 17.8 Å². The van der Waals surface area contributed by atoms with Gasteiger partial charge in [0.2, 0.25) is 5.91 Å².